The van der Waals surface area contributed by atoms with Crippen molar-refractivity contribution < 1.29 is 113 Å². The van der Waals surface area contributed by atoms with E-state index in [2.05, 4.69) is 6.58 Å². The van der Waals surface area contributed by atoms with Gasteiger partial charge in [0.2, 0.25) is 0 Å². The Hall–Kier alpha value is 3.00. The fourth-order valence-electron chi connectivity index (χ4n) is 0.136. The van der Waals surface area contributed by atoms with E-state index >= 15 is 0 Å². The summed E-state index contributed by atoms with van der Waals surface area (Å²) < 4.78 is 0. The topological polar surface area (TPSA) is 46.1 Å². The van der Waals surface area contributed by atoms with E-state index in [1.54, 1.807) is 0 Å². The molecular weight excluding hydrogens is 157 g/mol. The van der Waals surface area contributed by atoms with Crippen LogP contribution in [0.1, 0.15) is 0 Å². The third-order valence-corrected chi connectivity index (χ3v) is 0.359. The molecule has 8 heavy (non-hydrogen) atoms. The minimum Gasteiger partial charge on any atom is -0.893 e. The van der Waals surface area contributed by atoms with Gasteiger partial charge in [0.1, 0.15) is 0 Å². The van der Waals surface area contributed by atoms with Gasteiger partial charge in [-0.15, -0.1) is 19.8 Å². The molecule has 0 aromatic heterocycles. The second-order valence-corrected chi connectivity index (χ2v) is 0.954. The molecule has 0 rings (SSSR count). The van der Waals surface area contributed by atoms with E-state index in [9.17, 15) is 10.0 Å². The molecule has 0 atom stereocenters. The molecule has 0 bridgehead atoms. The number of rotatable bonds is 2. The van der Waals surface area contributed by atoms with Gasteiger partial charge < -0.3 is 10.0 Å². The van der Waals surface area contributed by atoms with Gasteiger partial charge in [-0.1, -0.05) is 6.32 Å². The Morgan fingerprint density at radius 3 is 1.75 bits per heavy atom. The van der Waals surface area contributed by atoms with Gasteiger partial charge in [-0.2, -0.15) is 0 Å². The summed E-state index contributed by atoms with van der Waals surface area (Å²) in [6.45, 7) is 3.20. The van der Waals surface area contributed by atoms with Crippen LogP contribution in [0.4, 0.5) is 0 Å². The quantitative estimate of drug-likeness (QED) is 0.299. The summed E-state index contributed by atoms with van der Waals surface area (Å²) in [4.78, 5) is 0. The molecule has 5 heteroatoms. The van der Waals surface area contributed by atoms with E-state index in [1.807, 2.05) is 0 Å². The van der Waals surface area contributed by atoms with Crippen LogP contribution in [0.2, 0.25) is 6.32 Å². The maximum atomic E-state index is 9.50. The van der Waals surface area contributed by atoms with Crippen molar-refractivity contribution in [2.45, 2.75) is 6.32 Å². The van der Waals surface area contributed by atoms with Crippen molar-refractivity contribution in [3.05, 3.63) is 12.7 Å². The molecule has 0 aliphatic carbocycles. The molecule has 0 N–H and O–H groups in total. The number of allylic oxidation sites excluding steroid dienone is 1. The summed E-state index contributed by atoms with van der Waals surface area (Å²) in [5.41, 5.74) is 0. The van der Waals surface area contributed by atoms with Crippen LogP contribution in [0.3, 0.4) is 0 Å². The van der Waals surface area contributed by atoms with Gasteiger partial charge in [0.25, 0.3) is 0 Å². The van der Waals surface area contributed by atoms with E-state index in [0.717, 1.165) is 0 Å². The third kappa shape index (κ3) is 16.0. The molecule has 0 aliphatic heterocycles. The van der Waals surface area contributed by atoms with Crippen molar-refractivity contribution in [1.82, 2.24) is 0 Å². The van der Waals surface area contributed by atoms with Gasteiger partial charge in [0.05, 0.1) is 0 Å². The van der Waals surface area contributed by atoms with E-state index in [4.69, 9.17) is 0 Å². The van der Waals surface area contributed by atoms with Crippen molar-refractivity contribution in [3.63, 3.8) is 0 Å². The van der Waals surface area contributed by atoms with E-state index in [0.29, 0.717) is 0 Å². The number of hydrogen-bond acceptors (Lipinski definition) is 2. The first-order chi connectivity index (χ1) is 2.77. The molecule has 0 fully saturated rings. The zero-order valence-electron chi connectivity index (χ0n) is 5.39. The average molecular weight is 162 g/mol. The van der Waals surface area contributed by atoms with Crippen LogP contribution in [0, 0.1) is 0 Å². The van der Waals surface area contributed by atoms with Crippen LogP contribution >= 0.6 is 0 Å². The van der Waals surface area contributed by atoms with Crippen molar-refractivity contribution >= 4 is 7.12 Å². The fourth-order valence-corrected chi connectivity index (χ4v) is 0.136. The van der Waals surface area contributed by atoms with Crippen molar-refractivity contribution in [2.75, 3.05) is 0 Å². The van der Waals surface area contributed by atoms with Crippen molar-refractivity contribution in [3.8, 4) is 0 Å². The first-order valence-corrected chi connectivity index (χ1v) is 1.70. The normalized spacial score (nSPS) is 5.75. The molecular formula is C3H5BK2O2. The first-order valence-electron chi connectivity index (χ1n) is 1.70. The summed E-state index contributed by atoms with van der Waals surface area (Å²) in [6, 6.07) is 0. The van der Waals surface area contributed by atoms with Crippen LogP contribution in [0.15, 0.2) is 12.7 Å². The van der Waals surface area contributed by atoms with Crippen LogP contribution in [0.5, 0.6) is 0 Å². The Morgan fingerprint density at radius 1 is 1.38 bits per heavy atom. The predicted molar refractivity (Wildman–Crippen MR) is 20.8 cm³/mol. The van der Waals surface area contributed by atoms with Crippen LogP contribution in [-0.4, -0.2) is 7.12 Å². The molecule has 34 valence electrons. The van der Waals surface area contributed by atoms with Gasteiger partial charge in [-0.3, -0.25) is 0 Å². The summed E-state index contributed by atoms with van der Waals surface area (Å²) in [7, 11) is -1.72. The van der Waals surface area contributed by atoms with Crippen LogP contribution in [-0.2, 0) is 0 Å². The Labute approximate surface area is 135 Å². The zero-order valence-corrected chi connectivity index (χ0v) is 11.6. The average Bonchev–Trinajstić information content (AvgIpc) is 1.35. The Bertz CT molecular complexity index is 50.5. The first kappa shape index (κ1) is 17.2. The Kier molecular flexibility index (Phi) is 27.2. The van der Waals surface area contributed by atoms with Crippen LogP contribution in [0.25, 0.3) is 0 Å². The van der Waals surface area contributed by atoms with Gasteiger partial charge in [0.15, 0.2) is 0 Å². The Balaban J connectivity index is -0.000000125. The predicted octanol–water partition coefficient (Wildman–Crippen LogP) is -7.61. The maximum Gasteiger partial charge on any atom is 1.00 e. The molecule has 0 unspecified atom stereocenters. The minimum atomic E-state index is -1.72. The largest absolute Gasteiger partial charge is 1.00 e. The minimum absolute atomic E-state index is 0. The monoisotopic (exact) mass is 162 g/mol. The summed E-state index contributed by atoms with van der Waals surface area (Å²) in [6.07, 6.45) is 1.35. The SMILES string of the molecule is C=CCB([O-])[O-].[K+].[K+]. The van der Waals surface area contributed by atoms with Crippen molar-refractivity contribution in [1.29, 1.82) is 0 Å². The second kappa shape index (κ2) is 12.7. The molecule has 0 aliphatic rings. The van der Waals surface area contributed by atoms with Crippen molar-refractivity contribution in [2.24, 2.45) is 0 Å². The molecule has 0 radical (unpaired) electrons. The zero-order chi connectivity index (χ0) is 4.99. The standard InChI is InChI=1S/C3H5BO2.2K/c1-2-3-4(5)6;;/h2H,1,3H2;;/q-2;2*+1. The summed E-state index contributed by atoms with van der Waals surface area (Å²) in [5, 5.41) is 19.0. The molecule has 0 spiro atoms. The molecule has 0 heterocycles. The van der Waals surface area contributed by atoms with Gasteiger partial charge in [-0.25, -0.2) is 0 Å². The van der Waals surface area contributed by atoms with Crippen LogP contribution < -0.4 is 113 Å². The van der Waals surface area contributed by atoms with E-state index < -0.39 is 7.12 Å². The molecule has 0 saturated heterocycles. The third-order valence-electron chi connectivity index (χ3n) is 0.359. The Morgan fingerprint density at radius 2 is 1.75 bits per heavy atom. The molecule has 2 nitrogen and oxygen atoms in total. The van der Waals surface area contributed by atoms with Gasteiger partial charge in [0, 0.05) is 0 Å². The maximum absolute atomic E-state index is 9.50. The van der Waals surface area contributed by atoms with E-state index in [1.165, 1.54) is 6.08 Å². The second-order valence-electron chi connectivity index (χ2n) is 0.954. The summed E-state index contributed by atoms with van der Waals surface area (Å²) in [5.74, 6) is 0. The fraction of sp³-hybridized carbons (Fsp3) is 0.333. The number of hydrogen-bond donors (Lipinski definition) is 0. The van der Waals surface area contributed by atoms with E-state index in [-0.39, 0.29) is 109 Å². The molecule has 0 aromatic rings. The molecule has 0 amide bonds. The smallest absolute Gasteiger partial charge is 0.893 e. The van der Waals surface area contributed by atoms with Gasteiger partial charge >= 0.3 is 103 Å². The summed E-state index contributed by atoms with van der Waals surface area (Å²) >= 11 is 0. The molecule has 0 aromatic carbocycles. The van der Waals surface area contributed by atoms with Gasteiger partial charge in [-0.05, 0) is 0 Å². The molecule has 0 saturated carbocycles.